The second kappa shape index (κ2) is 9.59. The van der Waals surface area contributed by atoms with E-state index in [0.29, 0.717) is 12.0 Å². The average molecular weight is 397 g/mol. The van der Waals surface area contributed by atoms with Crippen molar-refractivity contribution >= 4 is 17.1 Å². The molecular formula is C20H23N5O4. The molecule has 1 N–H and O–H groups in total. The highest BCUT2D eigenvalue weighted by Gasteiger charge is 2.19. The summed E-state index contributed by atoms with van der Waals surface area (Å²) < 4.78 is 1.13. The summed E-state index contributed by atoms with van der Waals surface area (Å²) in [6.07, 6.45) is 3.60. The molecule has 1 heterocycles. The van der Waals surface area contributed by atoms with Crippen molar-refractivity contribution < 1.29 is 10.0 Å². The molecule has 0 aliphatic carbocycles. The minimum Gasteiger partial charge on any atom is -0.493 e. The zero-order valence-electron chi connectivity index (χ0n) is 16.7. The highest BCUT2D eigenvalue weighted by atomic mass is 16.6. The summed E-state index contributed by atoms with van der Waals surface area (Å²) in [5.41, 5.74) is 0.313. The van der Waals surface area contributed by atoms with E-state index in [1.54, 1.807) is 13.0 Å². The van der Waals surface area contributed by atoms with Gasteiger partial charge in [0.15, 0.2) is 5.69 Å². The number of aryl methyl sites for hydroxylation is 1. The maximum Gasteiger partial charge on any atom is 0.281 e. The summed E-state index contributed by atoms with van der Waals surface area (Å²) in [7, 11) is 0. The summed E-state index contributed by atoms with van der Waals surface area (Å²) in [5.74, 6) is -0.378. The fraction of sp³-hybridized carbons (Fsp3) is 0.400. The molecule has 0 unspecified atom stereocenters. The van der Waals surface area contributed by atoms with E-state index in [1.807, 2.05) is 6.07 Å². The lowest BCUT2D eigenvalue weighted by atomic mass is 10.1. The third-order valence-electron chi connectivity index (χ3n) is 4.67. The standard InChI is InChI=1S/C20H23N5O4/c1-4-5-6-7-10-24-19(26)16(12-21)14(3)18(20(24)27)23-22-17-11-15(25(28)29)9-8-13(17)2/h8-9,11,26H,4-7,10H2,1-3H3. The van der Waals surface area contributed by atoms with Gasteiger partial charge in [0.05, 0.1) is 10.6 Å². The molecule has 0 atom stereocenters. The van der Waals surface area contributed by atoms with Crippen molar-refractivity contribution in [2.24, 2.45) is 10.2 Å². The molecule has 0 saturated heterocycles. The maximum atomic E-state index is 12.9. The van der Waals surface area contributed by atoms with Crippen LogP contribution in [0.4, 0.5) is 17.1 Å². The van der Waals surface area contributed by atoms with E-state index in [1.165, 1.54) is 19.1 Å². The number of unbranched alkanes of at least 4 members (excludes halogenated alkanes) is 3. The van der Waals surface area contributed by atoms with Gasteiger partial charge in [-0.05, 0) is 25.8 Å². The number of hydrogen-bond acceptors (Lipinski definition) is 7. The molecule has 0 amide bonds. The fourth-order valence-electron chi connectivity index (χ4n) is 2.88. The number of azo groups is 1. The zero-order valence-corrected chi connectivity index (χ0v) is 16.7. The molecule has 0 bridgehead atoms. The maximum absolute atomic E-state index is 12.9. The van der Waals surface area contributed by atoms with Crippen LogP contribution in [-0.4, -0.2) is 14.6 Å². The van der Waals surface area contributed by atoms with Crippen LogP contribution in [0.25, 0.3) is 0 Å². The van der Waals surface area contributed by atoms with Gasteiger partial charge in [-0.3, -0.25) is 19.5 Å². The number of non-ortho nitro benzene ring substituents is 1. The Morgan fingerprint density at radius 1 is 1.24 bits per heavy atom. The normalized spacial score (nSPS) is 11.0. The zero-order chi connectivity index (χ0) is 21.6. The van der Waals surface area contributed by atoms with Crippen molar-refractivity contribution in [1.82, 2.24) is 4.57 Å². The molecule has 0 spiro atoms. The van der Waals surface area contributed by atoms with E-state index in [4.69, 9.17) is 0 Å². The topological polar surface area (TPSA) is 134 Å². The average Bonchev–Trinajstić information content (AvgIpc) is 2.68. The van der Waals surface area contributed by atoms with Crippen molar-refractivity contribution in [2.45, 2.75) is 53.0 Å². The quantitative estimate of drug-likeness (QED) is 0.291. The summed E-state index contributed by atoms with van der Waals surface area (Å²) in [5, 5.41) is 38.7. The van der Waals surface area contributed by atoms with Crippen LogP contribution >= 0.6 is 0 Å². The van der Waals surface area contributed by atoms with Crippen LogP contribution in [0.1, 0.15) is 49.3 Å². The third kappa shape index (κ3) is 4.85. The summed E-state index contributed by atoms with van der Waals surface area (Å²) >= 11 is 0. The Hall–Kier alpha value is -3.54. The van der Waals surface area contributed by atoms with Gasteiger partial charge in [0, 0.05) is 24.2 Å². The van der Waals surface area contributed by atoms with Crippen LogP contribution in [0.3, 0.4) is 0 Å². The summed E-state index contributed by atoms with van der Waals surface area (Å²) in [6.45, 7) is 5.56. The van der Waals surface area contributed by atoms with Gasteiger partial charge in [-0.2, -0.15) is 5.26 Å². The number of aromatic hydroxyl groups is 1. The monoisotopic (exact) mass is 397 g/mol. The Morgan fingerprint density at radius 3 is 2.59 bits per heavy atom. The number of pyridine rings is 1. The Kier molecular flexibility index (Phi) is 7.20. The predicted octanol–water partition coefficient (Wildman–Crippen LogP) is 4.95. The van der Waals surface area contributed by atoms with E-state index >= 15 is 0 Å². The molecule has 0 aliphatic rings. The van der Waals surface area contributed by atoms with Gasteiger partial charge in [-0.15, -0.1) is 10.2 Å². The number of hydrogen-bond donors (Lipinski definition) is 1. The Bertz CT molecular complexity index is 1050. The lowest BCUT2D eigenvalue weighted by Gasteiger charge is -2.13. The molecule has 0 aliphatic heterocycles. The van der Waals surface area contributed by atoms with E-state index < -0.39 is 10.5 Å². The van der Waals surface area contributed by atoms with Gasteiger partial charge < -0.3 is 5.11 Å². The SMILES string of the molecule is CCCCCCn1c(O)c(C#N)c(C)c(N=Nc2cc([N+](=O)[O-])ccc2C)c1=O. The Balaban J connectivity index is 2.51. The van der Waals surface area contributed by atoms with Crippen LogP contribution in [0.2, 0.25) is 0 Å². The lowest BCUT2D eigenvalue weighted by molar-refractivity contribution is -0.384. The van der Waals surface area contributed by atoms with E-state index in [9.17, 15) is 25.3 Å². The molecule has 152 valence electrons. The number of benzene rings is 1. The van der Waals surface area contributed by atoms with Gasteiger partial charge in [0.2, 0.25) is 5.88 Å². The van der Waals surface area contributed by atoms with Crippen molar-refractivity contribution in [3.63, 3.8) is 0 Å². The second-order valence-corrected chi connectivity index (χ2v) is 6.73. The second-order valence-electron chi connectivity index (χ2n) is 6.73. The van der Waals surface area contributed by atoms with Crippen LogP contribution in [0.15, 0.2) is 33.2 Å². The number of nitro groups is 1. The van der Waals surface area contributed by atoms with Gasteiger partial charge >= 0.3 is 0 Å². The molecule has 29 heavy (non-hydrogen) atoms. The van der Waals surface area contributed by atoms with Crippen molar-refractivity contribution in [1.29, 1.82) is 5.26 Å². The number of aromatic nitrogens is 1. The van der Waals surface area contributed by atoms with Crippen LogP contribution in [0.5, 0.6) is 5.88 Å². The molecule has 2 aromatic rings. The highest BCUT2D eigenvalue weighted by Crippen LogP contribution is 2.29. The first-order valence-corrected chi connectivity index (χ1v) is 9.35. The number of rotatable bonds is 8. The van der Waals surface area contributed by atoms with Gasteiger partial charge in [-0.25, -0.2) is 0 Å². The largest absolute Gasteiger partial charge is 0.493 e. The number of nitriles is 1. The molecule has 9 nitrogen and oxygen atoms in total. The molecule has 1 aromatic heterocycles. The molecule has 9 heteroatoms. The molecule has 0 radical (unpaired) electrons. The Labute approximate surface area is 168 Å². The lowest BCUT2D eigenvalue weighted by Crippen LogP contribution is -2.22. The van der Waals surface area contributed by atoms with Crippen LogP contribution < -0.4 is 5.56 Å². The Morgan fingerprint density at radius 2 is 1.97 bits per heavy atom. The fourth-order valence-corrected chi connectivity index (χ4v) is 2.88. The first-order valence-electron chi connectivity index (χ1n) is 9.35. The first-order chi connectivity index (χ1) is 13.8. The molecule has 0 fully saturated rings. The minimum absolute atomic E-state index is 0.0372. The first kappa shape index (κ1) is 21.8. The van der Waals surface area contributed by atoms with Crippen molar-refractivity contribution in [2.75, 3.05) is 0 Å². The molecule has 0 saturated carbocycles. The molecule has 1 aromatic carbocycles. The van der Waals surface area contributed by atoms with Crippen LogP contribution in [-0.2, 0) is 6.54 Å². The minimum atomic E-state index is -0.553. The van der Waals surface area contributed by atoms with Crippen LogP contribution in [0, 0.1) is 35.3 Å². The summed E-state index contributed by atoms with van der Waals surface area (Å²) in [4.78, 5) is 23.3. The van der Waals surface area contributed by atoms with Crippen molar-refractivity contribution in [3.8, 4) is 11.9 Å². The van der Waals surface area contributed by atoms with Gasteiger partial charge in [0.1, 0.15) is 11.6 Å². The molecule has 2 rings (SSSR count). The van der Waals surface area contributed by atoms with E-state index in [2.05, 4.69) is 17.2 Å². The van der Waals surface area contributed by atoms with E-state index in [0.717, 1.165) is 23.8 Å². The van der Waals surface area contributed by atoms with Gasteiger partial charge in [0.25, 0.3) is 11.2 Å². The number of nitro benzene ring substituents is 1. The molecular weight excluding hydrogens is 374 g/mol. The number of nitrogens with zero attached hydrogens (tertiary/aromatic N) is 5. The smallest absolute Gasteiger partial charge is 0.281 e. The van der Waals surface area contributed by atoms with E-state index in [-0.39, 0.29) is 40.6 Å². The predicted molar refractivity (Wildman–Crippen MR) is 108 cm³/mol. The third-order valence-corrected chi connectivity index (χ3v) is 4.67. The highest BCUT2D eigenvalue weighted by molar-refractivity contribution is 5.57. The van der Waals surface area contributed by atoms with Gasteiger partial charge in [-0.1, -0.05) is 32.3 Å². The van der Waals surface area contributed by atoms with Crippen molar-refractivity contribution in [3.05, 3.63) is 55.4 Å². The summed E-state index contributed by atoms with van der Waals surface area (Å²) in [6, 6.07) is 6.08.